The lowest BCUT2D eigenvalue weighted by atomic mass is 10.4. The molecule has 1 rings (SSSR count). The minimum absolute atomic E-state index is 0.813. The summed E-state index contributed by atoms with van der Waals surface area (Å²) in [5, 5.41) is 9.58. The van der Waals surface area contributed by atoms with Crippen molar-refractivity contribution in [2.24, 2.45) is 10.3 Å². The first-order chi connectivity index (χ1) is 4.33. The maximum absolute atomic E-state index is 3.87. The van der Waals surface area contributed by atoms with Gasteiger partial charge in [-0.05, 0) is 6.42 Å². The molecule has 0 radical (unpaired) electrons. The highest BCUT2D eigenvalue weighted by Crippen LogP contribution is 2.09. The smallest absolute Gasteiger partial charge is 0.0813 e. The van der Waals surface area contributed by atoms with Gasteiger partial charge in [0.25, 0.3) is 0 Å². The van der Waals surface area contributed by atoms with Gasteiger partial charge in [0.15, 0.2) is 0 Å². The average molecular weight is 125 g/mol. The van der Waals surface area contributed by atoms with Crippen LogP contribution in [0.15, 0.2) is 22.6 Å². The van der Waals surface area contributed by atoms with Gasteiger partial charge in [-0.25, -0.2) is 0 Å². The van der Waals surface area contributed by atoms with Crippen molar-refractivity contribution < 1.29 is 0 Å². The molecule has 1 heterocycles. The van der Waals surface area contributed by atoms with Crippen LogP contribution in [-0.4, -0.2) is 18.1 Å². The van der Waals surface area contributed by atoms with Gasteiger partial charge >= 0.3 is 0 Å². The molecular formula is C6H11N3. The summed E-state index contributed by atoms with van der Waals surface area (Å²) >= 11 is 0. The zero-order valence-electron chi connectivity index (χ0n) is 5.67. The van der Waals surface area contributed by atoms with Crippen LogP contribution in [-0.2, 0) is 0 Å². The predicted molar refractivity (Wildman–Crippen MR) is 35.9 cm³/mol. The average Bonchev–Trinajstić information content (AvgIpc) is 2.17. The Balaban J connectivity index is 2.32. The van der Waals surface area contributed by atoms with Crippen molar-refractivity contribution in [2.75, 3.05) is 13.1 Å². The van der Waals surface area contributed by atoms with Crippen LogP contribution in [0.1, 0.15) is 13.3 Å². The van der Waals surface area contributed by atoms with Crippen LogP contribution in [0.2, 0.25) is 0 Å². The largest absolute Gasteiger partial charge is 0.272 e. The number of rotatable bonds is 2. The van der Waals surface area contributed by atoms with Crippen LogP contribution < -0.4 is 0 Å². The van der Waals surface area contributed by atoms with Crippen molar-refractivity contribution in [1.82, 2.24) is 5.01 Å². The summed E-state index contributed by atoms with van der Waals surface area (Å²) in [7, 11) is 0. The van der Waals surface area contributed by atoms with E-state index in [-0.39, 0.29) is 0 Å². The summed E-state index contributed by atoms with van der Waals surface area (Å²) in [6, 6.07) is 0. The molecule has 0 aromatic carbocycles. The molecule has 3 nitrogen and oxygen atoms in total. The Labute approximate surface area is 55.0 Å². The van der Waals surface area contributed by atoms with E-state index in [1.807, 2.05) is 5.01 Å². The van der Waals surface area contributed by atoms with E-state index in [0.717, 1.165) is 25.2 Å². The lowest BCUT2D eigenvalue weighted by Crippen LogP contribution is -2.14. The molecule has 0 fully saturated rings. The van der Waals surface area contributed by atoms with Gasteiger partial charge in [-0.1, -0.05) is 18.7 Å². The Morgan fingerprint density at radius 3 is 3.00 bits per heavy atom. The van der Waals surface area contributed by atoms with Gasteiger partial charge in [-0.3, -0.25) is 5.01 Å². The number of nitrogens with zero attached hydrogens (tertiary/aromatic N) is 3. The Hall–Kier alpha value is -0.860. The van der Waals surface area contributed by atoms with Gasteiger partial charge in [-0.15, -0.1) is 5.11 Å². The molecule has 0 aliphatic carbocycles. The predicted octanol–water partition coefficient (Wildman–Crippen LogP) is 1.59. The molecule has 0 N–H and O–H groups in total. The second-order valence-corrected chi connectivity index (χ2v) is 2.14. The maximum atomic E-state index is 3.87. The maximum Gasteiger partial charge on any atom is 0.0813 e. The quantitative estimate of drug-likeness (QED) is 0.550. The van der Waals surface area contributed by atoms with Crippen molar-refractivity contribution >= 4 is 0 Å². The third-order valence-electron chi connectivity index (χ3n) is 1.16. The zero-order chi connectivity index (χ0) is 6.69. The molecule has 0 amide bonds. The van der Waals surface area contributed by atoms with E-state index in [2.05, 4.69) is 23.8 Å². The Kier molecular flexibility index (Phi) is 1.82. The molecule has 0 saturated carbocycles. The minimum Gasteiger partial charge on any atom is -0.272 e. The molecule has 1 aliphatic heterocycles. The minimum atomic E-state index is 0.813. The van der Waals surface area contributed by atoms with Crippen molar-refractivity contribution in [1.29, 1.82) is 0 Å². The van der Waals surface area contributed by atoms with Crippen molar-refractivity contribution in [3.05, 3.63) is 12.3 Å². The normalized spacial score (nSPS) is 17.4. The summed E-state index contributed by atoms with van der Waals surface area (Å²) < 4.78 is 0. The lowest BCUT2D eigenvalue weighted by Gasteiger charge is -2.07. The third kappa shape index (κ3) is 1.52. The molecule has 0 aromatic rings. The van der Waals surface area contributed by atoms with E-state index in [0.29, 0.717) is 0 Å². The molecule has 0 spiro atoms. The van der Waals surface area contributed by atoms with Crippen LogP contribution in [0.25, 0.3) is 0 Å². The first-order valence-electron chi connectivity index (χ1n) is 3.17. The molecular weight excluding hydrogens is 114 g/mol. The van der Waals surface area contributed by atoms with Crippen LogP contribution in [0.5, 0.6) is 0 Å². The third-order valence-corrected chi connectivity index (χ3v) is 1.16. The molecule has 50 valence electrons. The molecule has 3 heteroatoms. The summed E-state index contributed by atoms with van der Waals surface area (Å²) in [4.78, 5) is 0. The van der Waals surface area contributed by atoms with Gasteiger partial charge in [0, 0.05) is 6.54 Å². The Bertz CT molecular complexity index is 139. The van der Waals surface area contributed by atoms with E-state index < -0.39 is 0 Å². The molecule has 0 bridgehead atoms. The van der Waals surface area contributed by atoms with Crippen molar-refractivity contribution in [3.63, 3.8) is 0 Å². The van der Waals surface area contributed by atoms with Gasteiger partial charge < -0.3 is 0 Å². The fourth-order valence-electron chi connectivity index (χ4n) is 0.782. The first-order valence-corrected chi connectivity index (χ1v) is 3.17. The second-order valence-electron chi connectivity index (χ2n) is 2.14. The van der Waals surface area contributed by atoms with Gasteiger partial charge in [0.2, 0.25) is 0 Å². The molecule has 0 unspecified atom stereocenters. The standard InChI is InChI=1S/C6H11N3/c1-3-4-9-5-6(2)7-8-9/h2-5H2,1H3. The van der Waals surface area contributed by atoms with E-state index in [4.69, 9.17) is 0 Å². The lowest BCUT2D eigenvalue weighted by molar-refractivity contribution is 0.325. The van der Waals surface area contributed by atoms with E-state index in [9.17, 15) is 0 Å². The Morgan fingerprint density at radius 1 is 1.78 bits per heavy atom. The van der Waals surface area contributed by atoms with Gasteiger partial charge in [0.1, 0.15) is 0 Å². The SMILES string of the molecule is C=C1CN(CCC)N=N1. The van der Waals surface area contributed by atoms with Crippen LogP contribution in [0.4, 0.5) is 0 Å². The number of hydrogen-bond acceptors (Lipinski definition) is 3. The number of hydrogen-bond donors (Lipinski definition) is 0. The highest BCUT2D eigenvalue weighted by atomic mass is 15.6. The van der Waals surface area contributed by atoms with Gasteiger partial charge in [-0.2, -0.15) is 0 Å². The van der Waals surface area contributed by atoms with E-state index in [1.54, 1.807) is 0 Å². The van der Waals surface area contributed by atoms with E-state index in [1.165, 1.54) is 0 Å². The first kappa shape index (κ1) is 6.26. The van der Waals surface area contributed by atoms with Crippen LogP contribution in [0.3, 0.4) is 0 Å². The fourth-order valence-corrected chi connectivity index (χ4v) is 0.782. The monoisotopic (exact) mass is 125 g/mol. The Morgan fingerprint density at radius 2 is 2.56 bits per heavy atom. The summed E-state index contributed by atoms with van der Waals surface area (Å²) in [5.41, 5.74) is 0.864. The highest BCUT2D eigenvalue weighted by molar-refractivity contribution is 4.95. The molecule has 1 aliphatic rings. The second kappa shape index (κ2) is 2.62. The van der Waals surface area contributed by atoms with Gasteiger partial charge in [0.05, 0.1) is 12.2 Å². The summed E-state index contributed by atoms with van der Waals surface area (Å²) in [6.45, 7) is 7.61. The van der Waals surface area contributed by atoms with Crippen molar-refractivity contribution in [3.8, 4) is 0 Å². The van der Waals surface area contributed by atoms with E-state index >= 15 is 0 Å². The highest BCUT2D eigenvalue weighted by Gasteiger charge is 2.07. The van der Waals surface area contributed by atoms with Crippen LogP contribution >= 0.6 is 0 Å². The molecule has 0 saturated heterocycles. The molecule has 0 atom stereocenters. The summed E-state index contributed by atoms with van der Waals surface area (Å²) in [6.07, 6.45) is 1.12. The topological polar surface area (TPSA) is 28.0 Å². The fraction of sp³-hybridized carbons (Fsp3) is 0.667. The molecule has 0 aromatic heterocycles. The molecule has 9 heavy (non-hydrogen) atoms. The summed E-state index contributed by atoms with van der Waals surface area (Å²) in [5.74, 6) is 0. The van der Waals surface area contributed by atoms with Crippen molar-refractivity contribution in [2.45, 2.75) is 13.3 Å². The zero-order valence-corrected chi connectivity index (χ0v) is 5.67. The van der Waals surface area contributed by atoms with Crippen LogP contribution in [0, 0.1) is 0 Å².